The van der Waals surface area contributed by atoms with Gasteiger partial charge in [-0.05, 0) is 33.6 Å². The fourth-order valence-electron chi connectivity index (χ4n) is 0.778. The van der Waals surface area contributed by atoms with Crippen molar-refractivity contribution in [3.63, 3.8) is 0 Å². The van der Waals surface area contributed by atoms with E-state index in [9.17, 15) is 14.4 Å². The molecule has 0 aromatic heterocycles. The van der Waals surface area contributed by atoms with Crippen LogP contribution in [0.4, 0.5) is 0 Å². The van der Waals surface area contributed by atoms with Crippen LogP contribution in [0.2, 0.25) is 0 Å². The third-order valence-electron chi connectivity index (χ3n) is 1.98. The molecule has 0 aromatic carbocycles. The van der Waals surface area contributed by atoms with Crippen LogP contribution < -0.4 is 0 Å². The molecule has 0 bridgehead atoms. The van der Waals surface area contributed by atoms with Crippen LogP contribution in [0.5, 0.6) is 0 Å². The van der Waals surface area contributed by atoms with Crippen LogP contribution >= 0.6 is 0 Å². The third-order valence-corrected chi connectivity index (χ3v) is 1.98. The van der Waals surface area contributed by atoms with E-state index in [-0.39, 0.29) is 11.6 Å². The quantitative estimate of drug-likeness (QED) is 0.720. The first-order valence-corrected chi connectivity index (χ1v) is 6.79. The van der Waals surface area contributed by atoms with Crippen molar-refractivity contribution < 1.29 is 14.4 Å². The molecule has 108 valence electrons. The molecule has 0 saturated carbocycles. The van der Waals surface area contributed by atoms with Gasteiger partial charge < -0.3 is 14.4 Å². The Bertz CT molecular complexity index is 220. The summed E-state index contributed by atoms with van der Waals surface area (Å²) in [5.74, 6) is 0.851. The van der Waals surface area contributed by atoms with Crippen LogP contribution in [0.15, 0.2) is 0 Å². The summed E-state index contributed by atoms with van der Waals surface area (Å²) in [5, 5.41) is 0. The van der Waals surface area contributed by atoms with E-state index >= 15 is 0 Å². The van der Waals surface area contributed by atoms with Gasteiger partial charge in [0.15, 0.2) is 0 Å². The lowest BCUT2D eigenvalue weighted by molar-refractivity contribution is -0.117. The average molecular weight is 258 g/mol. The standard InChI is InChI=1S/C6H12O.C5H10O.C4H8O/c1-3-4-5-6(2)7;1-3-4-5(2)6;1-3-4(2)5/h3-5H2,1-2H3;3-4H2,1-2H3;3H2,1-2H3. The van der Waals surface area contributed by atoms with Gasteiger partial charge in [0.1, 0.15) is 17.3 Å². The number of unbranched alkanes of at least 4 members (excludes halogenated alkanes) is 1. The van der Waals surface area contributed by atoms with E-state index in [1.54, 1.807) is 20.8 Å². The van der Waals surface area contributed by atoms with E-state index in [1.807, 2.05) is 13.8 Å². The SMILES string of the molecule is CCC(C)=O.CCCC(C)=O.CCCCC(C)=O. The Morgan fingerprint density at radius 2 is 1.06 bits per heavy atom. The Kier molecular flexibility index (Phi) is 22.7. The summed E-state index contributed by atoms with van der Waals surface area (Å²) >= 11 is 0. The van der Waals surface area contributed by atoms with Crippen molar-refractivity contribution in [3.8, 4) is 0 Å². The molecule has 0 aliphatic carbocycles. The first-order valence-electron chi connectivity index (χ1n) is 6.79. The van der Waals surface area contributed by atoms with Crippen molar-refractivity contribution >= 4 is 17.3 Å². The highest BCUT2D eigenvalue weighted by molar-refractivity contribution is 5.75. The largest absolute Gasteiger partial charge is 0.300 e. The van der Waals surface area contributed by atoms with Gasteiger partial charge in [-0.25, -0.2) is 0 Å². The summed E-state index contributed by atoms with van der Waals surface area (Å²) in [6.07, 6.45) is 5.32. The molecule has 0 N–H and O–H groups in total. The first kappa shape index (κ1) is 22.2. The molecular weight excluding hydrogens is 228 g/mol. The van der Waals surface area contributed by atoms with Crippen LogP contribution in [-0.4, -0.2) is 17.3 Å². The number of rotatable bonds is 6. The molecule has 0 fully saturated rings. The van der Waals surface area contributed by atoms with Gasteiger partial charge in [0.2, 0.25) is 0 Å². The van der Waals surface area contributed by atoms with E-state index in [2.05, 4.69) is 6.92 Å². The fraction of sp³-hybridized carbons (Fsp3) is 0.800. The van der Waals surface area contributed by atoms with Crippen LogP contribution in [0.1, 0.15) is 80.1 Å². The minimum atomic E-state index is 0.255. The highest BCUT2D eigenvalue weighted by atomic mass is 16.1. The maximum absolute atomic E-state index is 10.2. The van der Waals surface area contributed by atoms with Crippen molar-refractivity contribution in [2.45, 2.75) is 80.1 Å². The molecule has 18 heavy (non-hydrogen) atoms. The van der Waals surface area contributed by atoms with Gasteiger partial charge in [0, 0.05) is 19.3 Å². The number of hydrogen-bond donors (Lipinski definition) is 0. The minimum Gasteiger partial charge on any atom is -0.300 e. The zero-order valence-corrected chi connectivity index (χ0v) is 13.0. The van der Waals surface area contributed by atoms with Crippen LogP contribution in [-0.2, 0) is 14.4 Å². The molecule has 3 nitrogen and oxygen atoms in total. The van der Waals surface area contributed by atoms with Crippen molar-refractivity contribution in [2.75, 3.05) is 0 Å². The summed E-state index contributed by atoms with van der Waals surface area (Å²) < 4.78 is 0. The molecule has 0 spiro atoms. The van der Waals surface area contributed by atoms with Crippen molar-refractivity contribution in [1.82, 2.24) is 0 Å². The lowest BCUT2D eigenvalue weighted by Gasteiger charge is -1.86. The second kappa shape index (κ2) is 18.4. The normalized spacial score (nSPS) is 8.33. The molecule has 0 radical (unpaired) electrons. The predicted octanol–water partition coefficient (Wildman–Crippen LogP) is 4.13. The molecule has 3 heteroatoms. The summed E-state index contributed by atoms with van der Waals surface area (Å²) in [5.41, 5.74) is 0. The molecular formula is C15H30O3. The Morgan fingerprint density at radius 3 is 1.11 bits per heavy atom. The summed E-state index contributed by atoms with van der Waals surface area (Å²) in [6.45, 7) is 10.8. The highest BCUT2D eigenvalue weighted by Crippen LogP contribution is 1.92. The number of carbonyl (C=O) groups is 3. The smallest absolute Gasteiger partial charge is 0.129 e. The maximum Gasteiger partial charge on any atom is 0.129 e. The molecule has 0 aliphatic rings. The summed E-state index contributed by atoms with van der Waals surface area (Å²) in [4.78, 5) is 30.1. The van der Waals surface area contributed by atoms with Gasteiger partial charge >= 0.3 is 0 Å². The molecule has 0 amide bonds. The Morgan fingerprint density at radius 1 is 0.667 bits per heavy atom. The Balaban J connectivity index is -0.000000190. The molecule has 0 heterocycles. The number of ketones is 3. The summed E-state index contributed by atoms with van der Waals surface area (Å²) in [6, 6.07) is 0. The molecule has 0 unspecified atom stereocenters. The van der Waals surface area contributed by atoms with E-state index in [0.717, 1.165) is 32.1 Å². The zero-order chi connectivity index (χ0) is 15.0. The topological polar surface area (TPSA) is 51.2 Å². The van der Waals surface area contributed by atoms with Crippen LogP contribution in [0.3, 0.4) is 0 Å². The lowest BCUT2D eigenvalue weighted by atomic mass is 10.2. The molecule has 0 rings (SSSR count). The summed E-state index contributed by atoms with van der Waals surface area (Å²) in [7, 11) is 0. The second-order valence-corrected chi connectivity index (χ2v) is 4.31. The monoisotopic (exact) mass is 258 g/mol. The molecule has 0 atom stereocenters. The Hall–Kier alpha value is -0.990. The Labute approximate surface area is 112 Å². The minimum absolute atomic E-state index is 0.255. The first-order chi connectivity index (χ1) is 8.31. The van der Waals surface area contributed by atoms with E-state index in [0.29, 0.717) is 12.2 Å². The number of Topliss-reactive ketones (excluding diaryl/α,β-unsaturated/α-hetero) is 3. The van der Waals surface area contributed by atoms with Gasteiger partial charge in [0.05, 0.1) is 0 Å². The highest BCUT2D eigenvalue weighted by Gasteiger charge is 1.87. The third kappa shape index (κ3) is 45.9. The van der Waals surface area contributed by atoms with Gasteiger partial charge in [-0.3, -0.25) is 0 Å². The van der Waals surface area contributed by atoms with Crippen LogP contribution in [0.25, 0.3) is 0 Å². The van der Waals surface area contributed by atoms with Crippen molar-refractivity contribution in [2.24, 2.45) is 0 Å². The predicted molar refractivity (Wildman–Crippen MR) is 76.8 cm³/mol. The van der Waals surface area contributed by atoms with Gasteiger partial charge in [-0.15, -0.1) is 0 Å². The average Bonchev–Trinajstić information content (AvgIpc) is 2.27. The maximum atomic E-state index is 10.2. The van der Waals surface area contributed by atoms with Crippen LogP contribution in [0, 0.1) is 0 Å². The van der Waals surface area contributed by atoms with Crippen molar-refractivity contribution in [1.29, 1.82) is 0 Å². The van der Waals surface area contributed by atoms with Gasteiger partial charge in [-0.1, -0.05) is 27.2 Å². The number of hydrogen-bond acceptors (Lipinski definition) is 3. The van der Waals surface area contributed by atoms with E-state index in [4.69, 9.17) is 0 Å². The number of carbonyl (C=O) groups excluding carboxylic acids is 3. The molecule has 0 saturated heterocycles. The second-order valence-electron chi connectivity index (χ2n) is 4.31. The molecule has 0 aromatic rings. The lowest BCUT2D eigenvalue weighted by Crippen LogP contribution is -1.86. The van der Waals surface area contributed by atoms with Gasteiger partial charge in [-0.2, -0.15) is 0 Å². The van der Waals surface area contributed by atoms with Gasteiger partial charge in [0.25, 0.3) is 0 Å². The molecule has 0 aliphatic heterocycles. The van der Waals surface area contributed by atoms with E-state index < -0.39 is 0 Å². The van der Waals surface area contributed by atoms with E-state index in [1.165, 1.54) is 0 Å². The van der Waals surface area contributed by atoms with Crippen molar-refractivity contribution in [3.05, 3.63) is 0 Å². The zero-order valence-electron chi connectivity index (χ0n) is 13.0. The fourth-order valence-corrected chi connectivity index (χ4v) is 0.778.